The fraction of sp³-hybridized carbons (Fsp3) is 0.217. The van der Waals surface area contributed by atoms with Gasteiger partial charge >= 0.3 is 0 Å². The van der Waals surface area contributed by atoms with Crippen LogP contribution in [0.15, 0.2) is 77.6 Å². The zero-order valence-corrected chi connectivity index (χ0v) is 17.0. The fourth-order valence-corrected chi connectivity index (χ4v) is 3.99. The van der Waals surface area contributed by atoms with Crippen LogP contribution >= 0.6 is 11.3 Å². The first-order chi connectivity index (χ1) is 13.6. The zero-order valence-electron chi connectivity index (χ0n) is 16.2. The van der Waals surface area contributed by atoms with Crippen LogP contribution in [0, 0.1) is 11.8 Å². The van der Waals surface area contributed by atoms with Crippen molar-refractivity contribution in [1.82, 2.24) is 15.0 Å². The van der Waals surface area contributed by atoms with Gasteiger partial charge in [0.15, 0.2) is 5.82 Å². The Morgan fingerprint density at radius 2 is 1.86 bits per heavy atom. The van der Waals surface area contributed by atoms with Crippen molar-refractivity contribution in [1.29, 1.82) is 0 Å². The molecule has 3 heterocycles. The second kappa shape index (κ2) is 7.98. The summed E-state index contributed by atoms with van der Waals surface area (Å²) in [6, 6.07) is 11.8. The van der Waals surface area contributed by atoms with Crippen LogP contribution in [0.25, 0.3) is 21.3 Å². The molecule has 0 saturated heterocycles. The summed E-state index contributed by atoms with van der Waals surface area (Å²) in [5.74, 6) is 1.43. The molecule has 0 N–H and O–H groups in total. The van der Waals surface area contributed by atoms with E-state index in [4.69, 9.17) is 9.98 Å². The minimum absolute atomic E-state index is 0.283. The number of hydrogen-bond donors (Lipinski definition) is 0. The number of allylic oxidation sites excluding steroid dienone is 4. The third kappa shape index (κ3) is 3.99. The van der Waals surface area contributed by atoms with E-state index in [9.17, 15) is 0 Å². The monoisotopic (exact) mass is 386 g/mol. The number of thiazole rings is 1. The van der Waals surface area contributed by atoms with E-state index in [1.54, 1.807) is 17.5 Å². The smallest absolute Gasteiger partial charge is 0.152 e. The molecule has 0 fully saturated rings. The molecule has 0 aromatic carbocycles. The minimum Gasteiger partial charge on any atom is -0.254 e. The van der Waals surface area contributed by atoms with Gasteiger partial charge in [-0.15, -0.1) is 11.3 Å². The van der Waals surface area contributed by atoms with Crippen molar-refractivity contribution in [3.05, 3.63) is 72.6 Å². The normalized spacial score (nSPS) is 20.8. The highest BCUT2D eigenvalue weighted by atomic mass is 32.1. The predicted octanol–water partition coefficient (Wildman–Crippen LogP) is 6.13. The number of hydrogen-bond acceptors (Lipinski definition) is 5. The van der Waals surface area contributed by atoms with Crippen LogP contribution in [0.2, 0.25) is 0 Å². The Kier molecular flexibility index (Phi) is 5.26. The lowest BCUT2D eigenvalue weighted by molar-refractivity contribution is 0.871. The molecule has 0 saturated carbocycles. The van der Waals surface area contributed by atoms with Crippen molar-refractivity contribution < 1.29 is 0 Å². The zero-order chi connectivity index (χ0) is 19.5. The molecule has 4 nitrogen and oxygen atoms in total. The second-order valence-corrected chi connectivity index (χ2v) is 8.04. The second-order valence-electron chi connectivity index (χ2n) is 7.01. The summed E-state index contributed by atoms with van der Waals surface area (Å²) in [5.41, 5.74) is 4.15. The highest BCUT2D eigenvalue weighted by Gasteiger charge is 2.15. The summed E-state index contributed by atoms with van der Waals surface area (Å²) >= 11 is 1.59. The van der Waals surface area contributed by atoms with Gasteiger partial charge in [-0.25, -0.2) is 15.0 Å². The third-order valence-corrected chi connectivity index (χ3v) is 5.89. The summed E-state index contributed by atoms with van der Waals surface area (Å²) in [6.45, 7) is 6.56. The number of aromatic nitrogens is 3. The largest absolute Gasteiger partial charge is 0.254 e. The first-order valence-electron chi connectivity index (χ1n) is 9.40. The van der Waals surface area contributed by atoms with Gasteiger partial charge < -0.3 is 0 Å². The van der Waals surface area contributed by atoms with E-state index < -0.39 is 0 Å². The van der Waals surface area contributed by atoms with E-state index >= 15 is 0 Å². The molecule has 1 aliphatic rings. The maximum Gasteiger partial charge on any atom is 0.152 e. The van der Waals surface area contributed by atoms with Crippen molar-refractivity contribution in [3.8, 4) is 21.3 Å². The summed E-state index contributed by atoms with van der Waals surface area (Å²) in [7, 11) is 0. The van der Waals surface area contributed by atoms with Gasteiger partial charge in [0.1, 0.15) is 5.01 Å². The Morgan fingerprint density at radius 3 is 2.68 bits per heavy atom. The van der Waals surface area contributed by atoms with Crippen molar-refractivity contribution >= 4 is 22.9 Å². The minimum atomic E-state index is 0.283. The van der Waals surface area contributed by atoms with E-state index in [1.165, 1.54) is 5.57 Å². The quantitative estimate of drug-likeness (QED) is 0.509. The van der Waals surface area contributed by atoms with E-state index in [-0.39, 0.29) is 5.92 Å². The molecule has 0 spiro atoms. The summed E-state index contributed by atoms with van der Waals surface area (Å²) in [4.78, 5) is 19.5. The third-order valence-electron chi connectivity index (χ3n) is 4.84. The van der Waals surface area contributed by atoms with Crippen LogP contribution in [0.4, 0.5) is 5.82 Å². The Labute approximate surface area is 169 Å². The van der Waals surface area contributed by atoms with Gasteiger partial charge in [-0.2, -0.15) is 0 Å². The topological polar surface area (TPSA) is 51.0 Å². The van der Waals surface area contributed by atoms with Crippen molar-refractivity contribution in [3.63, 3.8) is 0 Å². The molecule has 1 aliphatic carbocycles. The summed E-state index contributed by atoms with van der Waals surface area (Å²) in [6.07, 6.45) is 10.3. The van der Waals surface area contributed by atoms with Gasteiger partial charge in [0.25, 0.3) is 0 Å². The van der Waals surface area contributed by atoms with Crippen LogP contribution in [-0.2, 0) is 0 Å². The Morgan fingerprint density at radius 1 is 1.00 bits per heavy atom. The SMILES string of the molecule is CC1=CC(C)C=CC(=Nc2cccc(-c3cnc(-c4ccccn4)s3)n2)C1C. The number of aliphatic imine (C=N–C) groups is 1. The molecule has 4 rings (SSSR count). The molecular formula is C23H22N4S. The van der Waals surface area contributed by atoms with Gasteiger partial charge in [-0.1, -0.05) is 43.7 Å². The average molecular weight is 387 g/mol. The van der Waals surface area contributed by atoms with Crippen LogP contribution < -0.4 is 0 Å². The summed E-state index contributed by atoms with van der Waals surface area (Å²) in [5, 5.41) is 0.893. The lowest BCUT2D eigenvalue weighted by Gasteiger charge is -2.11. The van der Waals surface area contributed by atoms with Crippen LogP contribution in [-0.4, -0.2) is 20.7 Å². The van der Waals surface area contributed by atoms with Crippen molar-refractivity contribution in [2.24, 2.45) is 16.8 Å². The van der Waals surface area contributed by atoms with Gasteiger partial charge in [0.05, 0.1) is 16.3 Å². The highest BCUT2D eigenvalue weighted by Crippen LogP contribution is 2.31. The molecule has 2 unspecified atom stereocenters. The van der Waals surface area contributed by atoms with Crippen molar-refractivity contribution in [2.75, 3.05) is 0 Å². The molecule has 140 valence electrons. The molecule has 28 heavy (non-hydrogen) atoms. The molecule has 0 radical (unpaired) electrons. The molecule has 3 aromatic rings. The standard InChI is InChI=1S/C23H22N4S/c1-15-10-11-18(17(3)16(2)13-15)26-22-9-6-8-19(27-22)21-14-25-23(28-21)20-7-4-5-12-24-20/h4-15,17H,1-3H3. The summed E-state index contributed by atoms with van der Waals surface area (Å²) < 4.78 is 0. The number of pyridine rings is 2. The first kappa shape index (κ1) is 18.4. The van der Waals surface area contributed by atoms with Gasteiger partial charge in [0, 0.05) is 24.0 Å². The molecule has 5 heteroatoms. The Hall–Kier alpha value is -2.92. The van der Waals surface area contributed by atoms with Crippen LogP contribution in [0.1, 0.15) is 20.8 Å². The molecule has 0 amide bonds. The lowest BCUT2D eigenvalue weighted by atomic mass is 9.97. The lowest BCUT2D eigenvalue weighted by Crippen LogP contribution is -2.08. The van der Waals surface area contributed by atoms with E-state index in [1.807, 2.05) is 42.6 Å². The van der Waals surface area contributed by atoms with Gasteiger partial charge in [0.2, 0.25) is 0 Å². The molecule has 0 bridgehead atoms. The van der Waals surface area contributed by atoms with Gasteiger partial charge in [-0.3, -0.25) is 4.98 Å². The van der Waals surface area contributed by atoms with E-state index in [0.717, 1.165) is 32.8 Å². The maximum atomic E-state index is 4.84. The first-order valence-corrected chi connectivity index (χ1v) is 10.2. The van der Waals surface area contributed by atoms with Crippen LogP contribution in [0.5, 0.6) is 0 Å². The fourth-order valence-electron chi connectivity index (χ4n) is 3.13. The predicted molar refractivity (Wildman–Crippen MR) is 117 cm³/mol. The van der Waals surface area contributed by atoms with Crippen LogP contribution in [0.3, 0.4) is 0 Å². The molecular weight excluding hydrogens is 364 g/mol. The van der Waals surface area contributed by atoms with Crippen molar-refractivity contribution in [2.45, 2.75) is 20.8 Å². The Bertz CT molecular complexity index is 1060. The number of nitrogens with zero attached hydrogens (tertiary/aromatic N) is 4. The molecule has 3 aromatic heterocycles. The van der Waals surface area contributed by atoms with Gasteiger partial charge in [-0.05, 0) is 43.2 Å². The maximum absolute atomic E-state index is 4.84. The molecule has 0 aliphatic heterocycles. The van der Waals surface area contributed by atoms with E-state index in [0.29, 0.717) is 5.92 Å². The molecule has 2 atom stereocenters. The van der Waals surface area contributed by atoms with E-state index in [2.05, 4.69) is 49.0 Å². The average Bonchev–Trinajstić information content (AvgIpc) is 3.17. The Balaban J connectivity index is 1.65. The highest BCUT2D eigenvalue weighted by molar-refractivity contribution is 7.18. The number of rotatable bonds is 3.